The maximum Gasteiger partial charge on any atom is 0.222 e. The minimum atomic E-state index is 0.258. The Labute approximate surface area is 94.0 Å². The van der Waals surface area contributed by atoms with Gasteiger partial charge in [0.25, 0.3) is 0 Å². The second-order valence-corrected chi connectivity index (χ2v) is 4.48. The van der Waals surface area contributed by atoms with E-state index >= 15 is 0 Å². The highest BCUT2D eigenvalue weighted by atomic mass is 16.2. The molecular weight excluding hydrogens is 188 g/mol. The molecule has 0 rings (SSSR count). The molecule has 0 heterocycles. The fourth-order valence-corrected chi connectivity index (χ4v) is 1.49. The summed E-state index contributed by atoms with van der Waals surface area (Å²) in [6, 6.07) is 0.349. The molecule has 0 aromatic carbocycles. The van der Waals surface area contributed by atoms with Crippen LogP contribution in [0.1, 0.15) is 46.5 Å². The predicted molar refractivity (Wildman–Crippen MR) is 64.6 cm³/mol. The molecule has 0 aliphatic rings. The third kappa shape index (κ3) is 5.78. The molecule has 0 aromatic heterocycles. The minimum Gasteiger partial charge on any atom is -0.343 e. The summed E-state index contributed by atoms with van der Waals surface area (Å²) in [5, 5.41) is 0. The zero-order valence-electron chi connectivity index (χ0n) is 10.6. The lowest BCUT2D eigenvalue weighted by Gasteiger charge is -2.24. The molecule has 0 aliphatic carbocycles. The second-order valence-electron chi connectivity index (χ2n) is 4.48. The summed E-state index contributed by atoms with van der Waals surface area (Å²) in [6.07, 6.45) is 3.64. The molecule has 0 fully saturated rings. The lowest BCUT2D eigenvalue weighted by Crippen LogP contribution is -2.34. The Hall–Kier alpha value is -0.570. The van der Waals surface area contributed by atoms with Crippen LogP contribution in [0.4, 0.5) is 0 Å². The van der Waals surface area contributed by atoms with Gasteiger partial charge >= 0.3 is 0 Å². The summed E-state index contributed by atoms with van der Waals surface area (Å²) in [7, 11) is 1.89. The van der Waals surface area contributed by atoms with E-state index in [0.717, 1.165) is 25.8 Å². The van der Waals surface area contributed by atoms with Gasteiger partial charge in [0, 0.05) is 19.5 Å². The first-order chi connectivity index (χ1) is 7.02. The van der Waals surface area contributed by atoms with Crippen LogP contribution >= 0.6 is 0 Å². The van der Waals surface area contributed by atoms with E-state index in [1.165, 1.54) is 0 Å². The highest BCUT2D eigenvalue weighted by Gasteiger charge is 2.14. The average molecular weight is 214 g/mol. The van der Waals surface area contributed by atoms with E-state index in [4.69, 9.17) is 5.73 Å². The Bertz CT molecular complexity index is 182. The summed E-state index contributed by atoms with van der Waals surface area (Å²) in [5.41, 5.74) is 5.47. The number of carbonyl (C=O) groups excluding carboxylic acids is 1. The molecule has 90 valence electrons. The molecule has 0 saturated heterocycles. The van der Waals surface area contributed by atoms with Gasteiger partial charge in [0.1, 0.15) is 0 Å². The van der Waals surface area contributed by atoms with E-state index in [1.807, 2.05) is 11.9 Å². The molecule has 2 N–H and O–H groups in total. The standard InChI is InChI=1S/C12H26N2O/c1-5-11(3)14(4)12(15)7-6-10(2)8-9-13/h10-11H,5-9,13H2,1-4H3. The number of hydrogen-bond donors (Lipinski definition) is 1. The van der Waals surface area contributed by atoms with Gasteiger partial charge in [-0.3, -0.25) is 4.79 Å². The van der Waals surface area contributed by atoms with Crippen LogP contribution in [-0.4, -0.2) is 30.4 Å². The topological polar surface area (TPSA) is 46.3 Å². The number of nitrogens with two attached hydrogens (primary N) is 1. The van der Waals surface area contributed by atoms with Crippen molar-refractivity contribution in [3.8, 4) is 0 Å². The Morgan fingerprint density at radius 2 is 1.93 bits per heavy atom. The molecule has 0 aliphatic heterocycles. The predicted octanol–water partition coefficient (Wildman–Crippen LogP) is 2.01. The Balaban J connectivity index is 3.82. The van der Waals surface area contributed by atoms with Crippen molar-refractivity contribution in [2.75, 3.05) is 13.6 Å². The molecule has 0 aromatic rings. The first-order valence-electron chi connectivity index (χ1n) is 5.98. The minimum absolute atomic E-state index is 0.258. The molecule has 2 unspecified atom stereocenters. The molecule has 1 amide bonds. The number of amides is 1. The molecule has 0 spiro atoms. The SMILES string of the molecule is CCC(C)N(C)C(=O)CCC(C)CCN. The van der Waals surface area contributed by atoms with Crippen LogP contribution in [0.2, 0.25) is 0 Å². The van der Waals surface area contributed by atoms with E-state index < -0.39 is 0 Å². The first-order valence-corrected chi connectivity index (χ1v) is 5.98. The number of hydrogen-bond acceptors (Lipinski definition) is 2. The monoisotopic (exact) mass is 214 g/mol. The van der Waals surface area contributed by atoms with Gasteiger partial charge in [0.2, 0.25) is 5.91 Å². The smallest absolute Gasteiger partial charge is 0.222 e. The summed E-state index contributed by atoms with van der Waals surface area (Å²) in [5.74, 6) is 0.817. The van der Waals surface area contributed by atoms with E-state index in [9.17, 15) is 4.79 Å². The quantitative estimate of drug-likeness (QED) is 0.704. The van der Waals surface area contributed by atoms with Gasteiger partial charge in [-0.05, 0) is 38.6 Å². The summed E-state index contributed by atoms with van der Waals surface area (Å²) in [6.45, 7) is 7.06. The second kappa shape index (κ2) is 7.69. The van der Waals surface area contributed by atoms with Crippen molar-refractivity contribution in [1.29, 1.82) is 0 Å². The van der Waals surface area contributed by atoms with Gasteiger partial charge in [0.15, 0.2) is 0 Å². The van der Waals surface area contributed by atoms with Crippen LogP contribution < -0.4 is 5.73 Å². The molecule has 0 bridgehead atoms. The highest BCUT2D eigenvalue weighted by Crippen LogP contribution is 2.11. The van der Waals surface area contributed by atoms with Crippen LogP contribution in [0.15, 0.2) is 0 Å². The van der Waals surface area contributed by atoms with E-state index in [2.05, 4.69) is 20.8 Å². The van der Waals surface area contributed by atoms with Gasteiger partial charge in [-0.2, -0.15) is 0 Å². The van der Waals surface area contributed by atoms with Crippen LogP contribution in [0.5, 0.6) is 0 Å². The molecular formula is C12H26N2O. The maximum atomic E-state index is 11.7. The van der Waals surface area contributed by atoms with Crippen LogP contribution in [-0.2, 0) is 4.79 Å². The third-order valence-corrected chi connectivity index (χ3v) is 3.16. The van der Waals surface area contributed by atoms with Crippen LogP contribution in [0, 0.1) is 5.92 Å². The Kier molecular flexibility index (Phi) is 7.39. The molecule has 2 atom stereocenters. The Morgan fingerprint density at radius 1 is 1.33 bits per heavy atom. The number of carbonyl (C=O) groups is 1. The van der Waals surface area contributed by atoms with Crippen molar-refractivity contribution < 1.29 is 4.79 Å². The summed E-state index contributed by atoms with van der Waals surface area (Å²) < 4.78 is 0. The van der Waals surface area contributed by atoms with Crippen molar-refractivity contribution in [3.05, 3.63) is 0 Å². The number of nitrogens with zero attached hydrogens (tertiary/aromatic N) is 1. The van der Waals surface area contributed by atoms with Crippen molar-refractivity contribution in [3.63, 3.8) is 0 Å². The molecule has 0 radical (unpaired) electrons. The normalized spacial score (nSPS) is 14.7. The van der Waals surface area contributed by atoms with E-state index in [1.54, 1.807) is 0 Å². The van der Waals surface area contributed by atoms with Gasteiger partial charge in [0.05, 0.1) is 0 Å². The zero-order valence-corrected chi connectivity index (χ0v) is 10.6. The lowest BCUT2D eigenvalue weighted by atomic mass is 10.0. The number of rotatable bonds is 7. The van der Waals surface area contributed by atoms with E-state index in [-0.39, 0.29) is 5.91 Å². The highest BCUT2D eigenvalue weighted by molar-refractivity contribution is 5.76. The van der Waals surface area contributed by atoms with Crippen molar-refractivity contribution in [1.82, 2.24) is 4.90 Å². The summed E-state index contributed by atoms with van der Waals surface area (Å²) in [4.78, 5) is 13.6. The van der Waals surface area contributed by atoms with Crippen LogP contribution in [0.3, 0.4) is 0 Å². The van der Waals surface area contributed by atoms with Gasteiger partial charge in [-0.15, -0.1) is 0 Å². The lowest BCUT2D eigenvalue weighted by molar-refractivity contribution is -0.132. The van der Waals surface area contributed by atoms with Crippen LogP contribution in [0.25, 0.3) is 0 Å². The molecule has 3 heteroatoms. The largest absolute Gasteiger partial charge is 0.343 e. The first kappa shape index (κ1) is 14.4. The van der Waals surface area contributed by atoms with Gasteiger partial charge in [-0.1, -0.05) is 13.8 Å². The molecule has 3 nitrogen and oxygen atoms in total. The zero-order chi connectivity index (χ0) is 11.8. The average Bonchev–Trinajstić information content (AvgIpc) is 2.24. The maximum absolute atomic E-state index is 11.7. The molecule has 15 heavy (non-hydrogen) atoms. The fourth-order valence-electron chi connectivity index (χ4n) is 1.49. The van der Waals surface area contributed by atoms with Crippen molar-refractivity contribution in [2.24, 2.45) is 11.7 Å². The van der Waals surface area contributed by atoms with Gasteiger partial charge < -0.3 is 10.6 Å². The fraction of sp³-hybridized carbons (Fsp3) is 0.917. The van der Waals surface area contributed by atoms with Crippen molar-refractivity contribution >= 4 is 5.91 Å². The summed E-state index contributed by atoms with van der Waals surface area (Å²) >= 11 is 0. The molecule has 0 saturated carbocycles. The van der Waals surface area contributed by atoms with E-state index in [0.29, 0.717) is 18.4 Å². The Morgan fingerprint density at radius 3 is 2.40 bits per heavy atom. The van der Waals surface area contributed by atoms with Gasteiger partial charge in [-0.25, -0.2) is 0 Å². The van der Waals surface area contributed by atoms with Crippen molar-refractivity contribution in [2.45, 2.75) is 52.5 Å². The third-order valence-electron chi connectivity index (χ3n) is 3.16.